The van der Waals surface area contributed by atoms with Gasteiger partial charge >= 0.3 is 0 Å². The van der Waals surface area contributed by atoms with Crippen LogP contribution in [0.2, 0.25) is 0 Å². The van der Waals surface area contributed by atoms with E-state index >= 15 is 0 Å². The van der Waals surface area contributed by atoms with Crippen LogP contribution in [0, 0.1) is 0 Å². The molecule has 1 aromatic rings. The summed E-state index contributed by atoms with van der Waals surface area (Å²) in [6, 6.07) is 0. The van der Waals surface area contributed by atoms with Crippen molar-refractivity contribution in [1.82, 2.24) is 4.98 Å². The Kier molecular flexibility index (Phi) is 2.14. The van der Waals surface area contributed by atoms with Crippen LogP contribution in [0.4, 0.5) is 0 Å². The quantitative estimate of drug-likeness (QED) is 0.502. The predicted octanol–water partition coefficient (Wildman–Crippen LogP) is 1.97. The second-order valence-electron chi connectivity index (χ2n) is 1.01. The summed E-state index contributed by atoms with van der Waals surface area (Å²) in [6.45, 7) is 0. The molecule has 0 aliphatic carbocycles. The van der Waals surface area contributed by atoms with Crippen molar-refractivity contribution >= 4 is 8.43 Å². The standard InChI is InChI=1S/C4H4NO2P/c1-3-6-7-8-4-2-5-1/h1-4H. The Morgan fingerprint density at radius 1 is 1.38 bits per heavy atom. The molecule has 0 aromatic carbocycles. The Bertz CT molecular complexity index is 119. The first kappa shape index (κ1) is 5.32. The number of hydrogen-bond donors (Lipinski definition) is 0. The molecule has 0 amide bonds. The van der Waals surface area contributed by atoms with Crippen LogP contribution in [0.15, 0.2) is 33.4 Å². The Morgan fingerprint density at radius 3 is 3.38 bits per heavy atom. The van der Waals surface area contributed by atoms with E-state index in [0.29, 0.717) is 8.43 Å². The average molecular weight is 129 g/mol. The van der Waals surface area contributed by atoms with Gasteiger partial charge in [-0.15, -0.1) is 0 Å². The fourth-order valence-electron chi connectivity index (χ4n) is 0.250. The summed E-state index contributed by atoms with van der Waals surface area (Å²) in [4.78, 5) is 3.76. The zero-order chi connectivity index (χ0) is 5.66. The highest BCUT2D eigenvalue weighted by atomic mass is 31.1. The lowest BCUT2D eigenvalue weighted by molar-refractivity contribution is 0.101. The molecule has 0 aliphatic heterocycles. The average Bonchev–Trinajstić information content (AvgIpc) is 1.62. The van der Waals surface area contributed by atoms with Crippen molar-refractivity contribution in [2.24, 2.45) is 0 Å². The third-order valence-electron chi connectivity index (χ3n) is 0.502. The highest BCUT2D eigenvalue weighted by Gasteiger charge is 1.61. The minimum Gasteiger partial charge on any atom is -0.294 e. The van der Waals surface area contributed by atoms with E-state index in [-0.39, 0.29) is 0 Å². The van der Waals surface area contributed by atoms with Crippen LogP contribution >= 0.6 is 8.43 Å². The fourth-order valence-corrected chi connectivity index (χ4v) is 0.530. The third-order valence-corrected chi connectivity index (χ3v) is 0.929. The lowest BCUT2D eigenvalue weighted by Crippen LogP contribution is -1.53. The monoisotopic (exact) mass is 129 g/mol. The first-order chi connectivity index (χ1) is 4.00. The van der Waals surface area contributed by atoms with E-state index in [9.17, 15) is 0 Å². The molecule has 1 heterocycles. The molecule has 4 heteroatoms. The van der Waals surface area contributed by atoms with E-state index in [1.165, 1.54) is 12.5 Å². The Morgan fingerprint density at radius 2 is 2.38 bits per heavy atom. The maximum atomic E-state index is 4.51. The van der Waals surface area contributed by atoms with Crippen molar-refractivity contribution in [3.05, 3.63) is 24.5 Å². The van der Waals surface area contributed by atoms with Gasteiger partial charge in [0.05, 0.1) is 6.20 Å². The van der Waals surface area contributed by atoms with Gasteiger partial charge in [0.2, 0.25) is 0 Å². The summed E-state index contributed by atoms with van der Waals surface area (Å²) in [6.07, 6.45) is 4.52. The van der Waals surface area contributed by atoms with Gasteiger partial charge in [-0.25, -0.2) is 0 Å². The highest BCUT2D eigenvalue weighted by Crippen LogP contribution is 1.94. The largest absolute Gasteiger partial charge is 0.294 e. The van der Waals surface area contributed by atoms with E-state index in [0.717, 1.165) is 0 Å². The molecular weight excluding hydrogens is 125 g/mol. The molecule has 0 saturated heterocycles. The molecule has 0 fully saturated rings. The number of aromatic nitrogens is 1. The van der Waals surface area contributed by atoms with E-state index in [1.54, 1.807) is 12.0 Å². The molecule has 0 spiro atoms. The van der Waals surface area contributed by atoms with Crippen LogP contribution in [0.5, 0.6) is 0 Å². The summed E-state index contributed by atoms with van der Waals surface area (Å²) < 4.78 is 8.95. The molecule has 0 unspecified atom stereocenters. The number of hydrogen-bond acceptors (Lipinski definition) is 3. The maximum Gasteiger partial charge on any atom is 0.185 e. The van der Waals surface area contributed by atoms with Gasteiger partial charge in [-0.1, -0.05) is 0 Å². The van der Waals surface area contributed by atoms with Crippen molar-refractivity contribution < 1.29 is 8.93 Å². The molecule has 0 radical (unpaired) electrons. The lowest BCUT2D eigenvalue weighted by atomic mass is 10.9. The molecule has 42 valence electrons. The van der Waals surface area contributed by atoms with E-state index in [2.05, 4.69) is 13.9 Å². The predicted molar refractivity (Wildman–Crippen MR) is 28.9 cm³/mol. The number of nitrogens with zero attached hydrogens (tertiary/aromatic N) is 1. The fraction of sp³-hybridized carbons (Fsp3) is 0. The molecule has 0 aliphatic rings. The molecule has 3 nitrogen and oxygen atoms in total. The van der Waals surface area contributed by atoms with Gasteiger partial charge in [0.25, 0.3) is 0 Å². The molecule has 0 N–H and O–H groups in total. The van der Waals surface area contributed by atoms with Gasteiger partial charge in [0, 0.05) is 12.0 Å². The molecule has 0 bridgehead atoms. The SMILES string of the molecule is c1coopccn1. The van der Waals surface area contributed by atoms with Crippen molar-refractivity contribution in [3.63, 3.8) is 0 Å². The summed E-state index contributed by atoms with van der Waals surface area (Å²) in [7, 11) is 0.662. The zero-order valence-corrected chi connectivity index (χ0v) is 4.91. The Hall–Kier alpha value is -0.820. The van der Waals surface area contributed by atoms with E-state index in [4.69, 9.17) is 0 Å². The normalized spacial score (nSPS) is 9.00. The van der Waals surface area contributed by atoms with Crippen LogP contribution in [0.25, 0.3) is 0 Å². The Balaban J connectivity index is 3.00. The van der Waals surface area contributed by atoms with E-state index in [1.807, 2.05) is 0 Å². The minimum atomic E-state index is 0.662. The van der Waals surface area contributed by atoms with Crippen molar-refractivity contribution in [2.45, 2.75) is 0 Å². The summed E-state index contributed by atoms with van der Waals surface area (Å²) >= 11 is 0. The molecule has 0 atom stereocenters. The van der Waals surface area contributed by atoms with Crippen LogP contribution in [0.3, 0.4) is 0 Å². The van der Waals surface area contributed by atoms with E-state index < -0.39 is 0 Å². The molecule has 0 saturated carbocycles. The van der Waals surface area contributed by atoms with Crippen LogP contribution in [-0.4, -0.2) is 4.98 Å². The maximum absolute atomic E-state index is 4.51. The van der Waals surface area contributed by atoms with Gasteiger partial charge in [-0.2, -0.15) is 0 Å². The Labute approximate surface area is 47.8 Å². The van der Waals surface area contributed by atoms with Gasteiger partial charge in [0.1, 0.15) is 0 Å². The molecular formula is C4H4NO2P. The van der Waals surface area contributed by atoms with Gasteiger partial charge < -0.3 is 0 Å². The first-order valence-corrected chi connectivity index (χ1v) is 2.91. The highest BCUT2D eigenvalue weighted by molar-refractivity contribution is 7.21. The summed E-state index contributed by atoms with van der Waals surface area (Å²) in [5, 5.41) is 0. The second kappa shape index (κ2) is 3.22. The van der Waals surface area contributed by atoms with Crippen molar-refractivity contribution in [2.75, 3.05) is 0 Å². The third kappa shape index (κ3) is 1.76. The second-order valence-corrected chi connectivity index (χ2v) is 1.67. The molecule has 1 aromatic heterocycles. The topological polar surface area (TPSA) is 39.2 Å². The zero-order valence-electron chi connectivity index (χ0n) is 4.02. The minimum absolute atomic E-state index is 0.662. The van der Waals surface area contributed by atoms with Crippen LogP contribution < -0.4 is 0 Å². The van der Waals surface area contributed by atoms with Gasteiger partial charge in [-0.05, 0) is 0 Å². The summed E-state index contributed by atoms with van der Waals surface area (Å²) in [5.41, 5.74) is 0. The van der Waals surface area contributed by atoms with Crippen LogP contribution in [0.1, 0.15) is 0 Å². The molecule has 8 heavy (non-hydrogen) atoms. The van der Waals surface area contributed by atoms with Gasteiger partial charge in [-0.3, -0.25) is 13.9 Å². The van der Waals surface area contributed by atoms with Crippen molar-refractivity contribution in [1.29, 1.82) is 0 Å². The summed E-state index contributed by atoms with van der Waals surface area (Å²) in [5.74, 6) is 1.73. The van der Waals surface area contributed by atoms with Gasteiger partial charge in [0.15, 0.2) is 14.7 Å². The van der Waals surface area contributed by atoms with Crippen LogP contribution in [-0.2, 0) is 0 Å². The lowest BCUT2D eigenvalue weighted by Gasteiger charge is -1.70. The number of rotatable bonds is 0. The van der Waals surface area contributed by atoms with Crippen molar-refractivity contribution in [3.8, 4) is 0 Å². The molecule has 1 rings (SSSR count). The smallest absolute Gasteiger partial charge is 0.185 e. The first-order valence-electron chi connectivity index (χ1n) is 2.03.